The average molecular weight is 193 g/mol. The first kappa shape index (κ1) is 9.56. The van der Waals surface area contributed by atoms with Crippen LogP contribution in [0.25, 0.3) is 0 Å². The zero-order valence-electron chi connectivity index (χ0n) is 9.25. The molecule has 14 heavy (non-hydrogen) atoms. The van der Waals surface area contributed by atoms with Crippen molar-refractivity contribution < 1.29 is 0 Å². The fraction of sp³-hybridized carbons (Fsp3) is 0.727. The monoisotopic (exact) mass is 193 g/mol. The van der Waals surface area contributed by atoms with Gasteiger partial charge in [0, 0.05) is 13.1 Å². The smallest absolute Gasteiger partial charge is 0.0758 e. The van der Waals surface area contributed by atoms with Crippen molar-refractivity contribution in [3.8, 4) is 0 Å². The van der Waals surface area contributed by atoms with E-state index in [-0.39, 0.29) is 0 Å². The Kier molecular flexibility index (Phi) is 2.48. The van der Waals surface area contributed by atoms with Gasteiger partial charge in [0.2, 0.25) is 0 Å². The number of aryl methyl sites for hydroxylation is 1. The third-order valence-electron chi connectivity index (χ3n) is 3.41. The summed E-state index contributed by atoms with van der Waals surface area (Å²) >= 11 is 0. The molecule has 3 nitrogen and oxygen atoms in total. The predicted molar refractivity (Wildman–Crippen MR) is 58.4 cm³/mol. The molecular weight excluding hydrogens is 174 g/mol. The van der Waals surface area contributed by atoms with Crippen LogP contribution in [0.1, 0.15) is 31.9 Å². The summed E-state index contributed by atoms with van der Waals surface area (Å²) < 4.78 is 1.91. The van der Waals surface area contributed by atoms with Gasteiger partial charge >= 0.3 is 0 Å². The molecule has 1 aliphatic rings. The highest BCUT2D eigenvalue weighted by molar-refractivity contribution is 5.47. The van der Waals surface area contributed by atoms with E-state index in [1.165, 1.54) is 30.6 Å². The van der Waals surface area contributed by atoms with Crippen molar-refractivity contribution in [2.75, 3.05) is 5.32 Å². The minimum atomic E-state index is 0.683. The van der Waals surface area contributed by atoms with E-state index in [4.69, 9.17) is 0 Å². The minimum Gasteiger partial charge on any atom is -0.380 e. The maximum Gasteiger partial charge on any atom is 0.0758 e. The Morgan fingerprint density at radius 1 is 1.57 bits per heavy atom. The summed E-state index contributed by atoms with van der Waals surface area (Å²) in [5.74, 6) is 0.949. The summed E-state index contributed by atoms with van der Waals surface area (Å²) in [5, 5.41) is 7.77. The van der Waals surface area contributed by atoms with Crippen LogP contribution in [0.15, 0.2) is 6.20 Å². The van der Waals surface area contributed by atoms with E-state index in [0.29, 0.717) is 6.04 Å². The fourth-order valence-electron chi connectivity index (χ4n) is 2.05. The molecule has 1 N–H and O–H groups in total. The maximum absolute atomic E-state index is 4.22. The van der Waals surface area contributed by atoms with Gasteiger partial charge in [0.15, 0.2) is 0 Å². The molecule has 2 rings (SSSR count). The molecule has 0 radical (unpaired) electrons. The fourth-order valence-corrected chi connectivity index (χ4v) is 2.05. The topological polar surface area (TPSA) is 29.9 Å². The summed E-state index contributed by atoms with van der Waals surface area (Å²) in [6.07, 6.45) is 5.90. The molecule has 0 spiro atoms. The lowest BCUT2D eigenvalue weighted by molar-refractivity contribution is 0.275. The van der Waals surface area contributed by atoms with Crippen molar-refractivity contribution in [2.45, 2.75) is 39.2 Å². The average Bonchev–Trinajstić information content (AvgIpc) is 2.41. The molecule has 0 bridgehead atoms. The number of aromatic nitrogens is 2. The van der Waals surface area contributed by atoms with Crippen LogP contribution in [-0.4, -0.2) is 15.8 Å². The molecule has 1 aliphatic carbocycles. The number of anilines is 1. The summed E-state index contributed by atoms with van der Waals surface area (Å²) in [7, 11) is 1.98. The zero-order chi connectivity index (χ0) is 10.1. The largest absolute Gasteiger partial charge is 0.380 e. The van der Waals surface area contributed by atoms with Crippen molar-refractivity contribution in [3.05, 3.63) is 11.9 Å². The van der Waals surface area contributed by atoms with Crippen LogP contribution in [-0.2, 0) is 7.05 Å². The Bertz CT molecular complexity index is 310. The zero-order valence-corrected chi connectivity index (χ0v) is 9.25. The lowest BCUT2D eigenvalue weighted by Crippen LogP contribution is -2.35. The predicted octanol–water partition coefficient (Wildman–Crippen LogP) is 2.33. The van der Waals surface area contributed by atoms with Gasteiger partial charge in [-0.25, -0.2) is 0 Å². The first-order valence-electron chi connectivity index (χ1n) is 5.45. The molecule has 0 aromatic carbocycles. The molecule has 0 unspecified atom stereocenters. The van der Waals surface area contributed by atoms with E-state index in [1.807, 2.05) is 17.9 Å². The second-order valence-corrected chi connectivity index (χ2v) is 4.35. The van der Waals surface area contributed by atoms with Crippen LogP contribution in [0.4, 0.5) is 5.69 Å². The van der Waals surface area contributed by atoms with Gasteiger partial charge in [0.05, 0.1) is 17.6 Å². The van der Waals surface area contributed by atoms with E-state index >= 15 is 0 Å². The molecule has 1 heterocycles. The van der Waals surface area contributed by atoms with E-state index in [1.54, 1.807) is 0 Å². The highest BCUT2D eigenvalue weighted by Gasteiger charge is 2.27. The summed E-state index contributed by atoms with van der Waals surface area (Å²) in [6.45, 7) is 4.38. The van der Waals surface area contributed by atoms with Gasteiger partial charge in [-0.05, 0) is 25.7 Å². The van der Waals surface area contributed by atoms with Crippen LogP contribution >= 0.6 is 0 Å². The third-order valence-corrected chi connectivity index (χ3v) is 3.41. The van der Waals surface area contributed by atoms with E-state index < -0.39 is 0 Å². The second kappa shape index (κ2) is 3.64. The van der Waals surface area contributed by atoms with Crippen molar-refractivity contribution in [3.63, 3.8) is 0 Å². The van der Waals surface area contributed by atoms with E-state index in [2.05, 4.69) is 24.3 Å². The molecule has 1 aromatic heterocycles. The number of nitrogens with one attached hydrogen (secondary N) is 1. The molecule has 0 atom stereocenters. The molecule has 78 valence electrons. The molecule has 0 saturated heterocycles. The Morgan fingerprint density at radius 2 is 2.29 bits per heavy atom. The molecule has 0 amide bonds. The SMILES string of the molecule is CCC1CC(Nc2cnn(C)c2C)C1. The van der Waals surface area contributed by atoms with Gasteiger partial charge in [-0.3, -0.25) is 4.68 Å². The number of rotatable bonds is 3. The van der Waals surface area contributed by atoms with Gasteiger partial charge in [0.25, 0.3) is 0 Å². The normalized spacial score (nSPS) is 25.9. The molecule has 1 aromatic rings. The third kappa shape index (κ3) is 1.63. The van der Waals surface area contributed by atoms with Gasteiger partial charge in [0.1, 0.15) is 0 Å². The molecular formula is C11H19N3. The maximum atomic E-state index is 4.22. The summed E-state index contributed by atoms with van der Waals surface area (Å²) in [4.78, 5) is 0. The van der Waals surface area contributed by atoms with Crippen LogP contribution < -0.4 is 5.32 Å². The Labute approximate surface area is 85.5 Å². The minimum absolute atomic E-state index is 0.683. The first-order valence-corrected chi connectivity index (χ1v) is 5.45. The highest BCUT2D eigenvalue weighted by Crippen LogP contribution is 2.32. The van der Waals surface area contributed by atoms with Gasteiger partial charge in [-0.2, -0.15) is 5.10 Å². The van der Waals surface area contributed by atoms with E-state index in [9.17, 15) is 0 Å². The quantitative estimate of drug-likeness (QED) is 0.798. The summed E-state index contributed by atoms with van der Waals surface area (Å²) in [6, 6.07) is 0.683. The van der Waals surface area contributed by atoms with Crippen molar-refractivity contribution >= 4 is 5.69 Å². The van der Waals surface area contributed by atoms with Gasteiger partial charge in [-0.1, -0.05) is 13.3 Å². The molecule has 1 fully saturated rings. The lowest BCUT2D eigenvalue weighted by Gasteiger charge is -2.35. The van der Waals surface area contributed by atoms with Crippen LogP contribution in [0, 0.1) is 12.8 Å². The number of hydrogen-bond donors (Lipinski definition) is 1. The van der Waals surface area contributed by atoms with Gasteiger partial charge in [-0.15, -0.1) is 0 Å². The van der Waals surface area contributed by atoms with Crippen LogP contribution in [0.5, 0.6) is 0 Å². The van der Waals surface area contributed by atoms with Gasteiger partial charge < -0.3 is 5.32 Å². The van der Waals surface area contributed by atoms with Crippen LogP contribution in [0.2, 0.25) is 0 Å². The molecule has 3 heteroatoms. The first-order chi connectivity index (χ1) is 6.70. The molecule has 1 saturated carbocycles. The van der Waals surface area contributed by atoms with Crippen molar-refractivity contribution in [1.82, 2.24) is 9.78 Å². The van der Waals surface area contributed by atoms with Crippen molar-refractivity contribution in [2.24, 2.45) is 13.0 Å². The Hall–Kier alpha value is -0.990. The highest BCUT2D eigenvalue weighted by atomic mass is 15.3. The number of hydrogen-bond acceptors (Lipinski definition) is 2. The van der Waals surface area contributed by atoms with Crippen LogP contribution in [0.3, 0.4) is 0 Å². The summed E-state index contributed by atoms with van der Waals surface area (Å²) in [5.41, 5.74) is 2.43. The lowest BCUT2D eigenvalue weighted by atomic mass is 9.78. The molecule has 0 aliphatic heterocycles. The second-order valence-electron chi connectivity index (χ2n) is 4.35. The Morgan fingerprint density at radius 3 is 2.79 bits per heavy atom. The van der Waals surface area contributed by atoms with Crippen molar-refractivity contribution in [1.29, 1.82) is 0 Å². The Balaban J connectivity index is 1.90. The standard InChI is InChI=1S/C11H19N3/c1-4-9-5-10(6-9)13-11-7-12-14(3)8(11)2/h7,9-10,13H,4-6H2,1-3H3. The van der Waals surface area contributed by atoms with E-state index in [0.717, 1.165) is 5.92 Å². The number of nitrogens with zero attached hydrogens (tertiary/aromatic N) is 2.